The first kappa shape index (κ1) is 20.6. The van der Waals surface area contributed by atoms with Gasteiger partial charge in [-0.05, 0) is 30.2 Å². The van der Waals surface area contributed by atoms with E-state index in [0.717, 1.165) is 11.1 Å². The smallest absolute Gasteiger partial charge is 0.203 e. The number of carbonyl (C=O) groups is 1. The van der Waals surface area contributed by atoms with E-state index in [2.05, 4.69) is 0 Å². The average Bonchev–Trinajstić information content (AvgIpc) is 2.76. The molecule has 0 radical (unpaired) electrons. The second-order valence-corrected chi connectivity index (χ2v) is 6.58. The lowest BCUT2D eigenvalue weighted by Crippen LogP contribution is -2.19. The summed E-state index contributed by atoms with van der Waals surface area (Å²) in [6.45, 7) is 0. The molecule has 29 heavy (non-hydrogen) atoms. The molecule has 7 nitrogen and oxygen atoms in total. The minimum atomic E-state index is -0.119. The first-order valence-electron chi connectivity index (χ1n) is 9.20. The van der Waals surface area contributed by atoms with Crippen LogP contribution in [0.5, 0.6) is 34.5 Å². The predicted octanol–water partition coefficient (Wildman–Crippen LogP) is 3.85. The van der Waals surface area contributed by atoms with Crippen molar-refractivity contribution < 1.29 is 33.2 Å². The van der Waals surface area contributed by atoms with Crippen molar-refractivity contribution in [2.45, 2.75) is 18.8 Å². The summed E-state index contributed by atoms with van der Waals surface area (Å²) < 4.78 is 33.1. The molecule has 3 rings (SSSR count). The highest BCUT2D eigenvalue weighted by Crippen LogP contribution is 2.51. The summed E-state index contributed by atoms with van der Waals surface area (Å²) in [5.74, 6) is 2.97. The van der Waals surface area contributed by atoms with Crippen molar-refractivity contribution in [2.24, 2.45) is 0 Å². The maximum Gasteiger partial charge on any atom is 0.203 e. The number of benzene rings is 2. The normalized spacial score (nSPS) is 15.4. The maximum atomic E-state index is 12.7. The summed E-state index contributed by atoms with van der Waals surface area (Å²) in [6, 6.07) is 5.53. The number of ketones is 1. The fourth-order valence-corrected chi connectivity index (χ4v) is 3.95. The van der Waals surface area contributed by atoms with E-state index in [1.807, 2.05) is 12.1 Å². The Balaban J connectivity index is 2.28. The van der Waals surface area contributed by atoms with Crippen LogP contribution in [0.25, 0.3) is 0 Å². The molecule has 2 aromatic carbocycles. The van der Waals surface area contributed by atoms with Crippen molar-refractivity contribution in [3.05, 3.63) is 34.9 Å². The van der Waals surface area contributed by atoms with Crippen molar-refractivity contribution in [3.63, 3.8) is 0 Å². The van der Waals surface area contributed by atoms with Crippen LogP contribution < -0.4 is 28.4 Å². The van der Waals surface area contributed by atoms with Crippen LogP contribution in [0.3, 0.4) is 0 Å². The third-order valence-corrected chi connectivity index (χ3v) is 5.27. The third kappa shape index (κ3) is 3.41. The molecule has 0 saturated heterocycles. The van der Waals surface area contributed by atoms with E-state index in [4.69, 9.17) is 28.4 Å². The summed E-state index contributed by atoms with van der Waals surface area (Å²) in [6.07, 6.45) is 1.03. The van der Waals surface area contributed by atoms with Gasteiger partial charge in [-0.1, -0.05) is 0 Å². The van der Waals surface area contributed by atoms with E-state index in [0.29, 0.717) is 52.9 Å². The van der Waals surface area contributed by atoms with Crippen molar-refractivity contribution in [3.8, 4) is 34.5 Å². The molecule has 0 aromatic heterocycles. The number of Topliss-reactive ketones (excluding diaryl/α,β-unsaturated/α-hetero) is 1. The number of rotatable bonds is 7. The van der Waals surface area contributed by atoms with Gasteiger partial charge in [-0.2, -0.15) is 0 Å². The summed E-state index contributed by atoms with van der Waals surface area (Å²) in [4.78, 5) is 12.7. The van der Waals surface area contributed by atoms with Gasteiger partial charge in [0.15, 0.2) is 28.8 Å². The van der Waals surface area contributed by atoms with Crippen molar-refractivity contribution in [1.82, 2.24) is 0 Å². The fourth-order valence-electron chi connectivity index (χ4n) is 3.95. The molecule has 0 heterocycles. The van der Waals surface area contributed by atoms with Crippen molar-refractivity contribution >= 4 is 5.78 Å². The first-order valence-corrected chi connectivity index (χ1v) is 9.20. The number of hydrogen-bond donors (Lipinski definition) is 0. The zero-order valence-corrected chi connectivity index (χ0v) is 17.6. The van der Waals surface area contributed by atoms with Crippen LogP contribution in [0, 0.1) is 0 Å². The van der Waals surface area contributed by atoms with Crippen LogP contribution in [-0.4, -0.2) is 48.4 Å². The molecule has 2 aromatic rings. The average molecular weight is 402 g/mol. The SMILES string of the molecule is COc1cc(C2CCC(=O)c3cc(OC)c(OC)c(OC)c32)cc(OC)c1OC. The highest BCUT2D eigenvalue weighted by molar-refractivity contribution is 6.01. The van der Waals surface area contributed by atoms with Crippen LogP contribution in [0.1, 0.15) is 40.2 Å². The molecule has 1 unspecified atom stereocenters. The summed E-state index contributed by atoms with van der Waals surface area (Å²) in [5.41, 5.74) is 2.28. The zero-order valence-electron chi connectivity index (χ0n) is 17.6. The molecular formula is C22H26O7. The summed E-state index contributed by atoms with van der Waals surface area (Å²) in [5, 5.41) is 0. The fraction of sp³-hybridized carbons (Fsp3) is 0.409. The third-order valence-electron chi connectivity index (χ3n) is 5.27. The van der Waals surface area contributed by atoms with E-state index < -0.39 is 0 Å². The molecule has 0 spiro atoms. The van der Waals surface area contributed by atoms with Gasteiger partial charge >= 0.3 is 0 Å². The Morgan fingerprint density at radius 1 is 0.690 bits per heavy atom. The monoisotopic (exact) mass is 402 g/mol. The Bertz CT molecular complexity index is 895. The van der Waals surface area contributed by atoms with E-state index in [1.54, 1.807) is 41.6 Å². The molecule has 1 aliphatic rings. The minimum absolute atomic E-state index is 0.0444. The second-order valence-electron chi connectivity index (χ2n) is 6.58. The van der Waals surface area contributed by atoms with Crippen molar-refractivity contribution in [1.29, 1.82) is 0 Å². The highest BCUT2D eigenvalue weighted by atomic mass is 16.5. The van der Waals surface area contributed by atoms with Crippen LogP contribution in [0.4, 0.5) is 0 Å². The van der Waals surface area contributed by atoms with Gasteiger partial charge < -0.3 is 28.4 Å². The zero-order chi connectivity index (χ0) is 21.1. The number of methoxy groups -OCH3 is 6. The second kappa shape index (κ2) is 8.51. The Morgan fingerprint density at radius 3 is 1.69 bits per heavy atom. The molecule has 0 bridgehead atoms. The number of ether oxygens (including phenoxy) is 6. The minimum Gasteiger partial charge on any atom is -0.493 e. The lowest BCUT2D eigenvalue weighted by Gasteiger charge is -2.29. The molecule has 0 aliphatic heterocycles. The Labute approximate surface area is 170 Å². The maximum absolute atomic E-state index is 12.7. The Hall–Kier alpha value is -3.09. The first-order chi connectivity index (χ1) is 14.0. The summed E-state index contributed by atoms with van der Waals surface area (Å²) in [7, 11) is 9.36. The van der Waals surface area contributed by atoms with E-state index >= 15 is 0 Å². The number of carbonyl (C=O) groups excluding carboxylic acids is 1. The highest BCUT2D eigenvalue weighted by Gasteiger charge is 2.34. The predicted molar refractivity (Wildman–Crippen MR) is 108 cm³/mol. The van der Waals surface area contributed by atoms with Gasteiger partial charge in [-0.15, -0.1) is 0 Å². The molecule has 1 aliphatic carbocycles. The molecule has 0 fully saturated rings. The standard InChI is InChI=1S/C22H26O7/c1-24-16-9-12(10-17(25-2)20(16)27-4)13-7-8-15(23)14-11-18(26-3)21(28-5)22(29-6)19(13)14/h9-11,13H,7-8H2,1-6H3. The van der Waals surface area contributed by atoms with Gasteiger partial charge in [0.2, 0.25) is 11.5 Å². The molecular weight excluding hydrogens is 376 g/mol. The van der Waals surface area contributed by atoms with Crippen LogP contribution >= 0.6 is 0 Å². The van der Waals surface area contributed by atoms with Crippen molar-refractivity contribution in [2.75, 3.05) is 42.7 Å². The van der Waals surface area contributed by atoms with E-state index in [9.17, 15) is 4.79 Å². The lowest BCUT2D eigenvalue weighted by molar-refractivity contribution is 0.0967. The van der Waals surface area contributed by atoms with Gasteiger partial charge in [0, 0.05) is 23.5 Å². The number of hydrogen-bond acceptors (Lipinski definition) is 7. The molecule has 1 atom stereocenters. The van der Waals surface area contributed by atoms with E-state index in [1.165, 1.54) is 7.11 Å². The van der Waals surface area contributed by atoms with Crippen LogP contribution in [-0.2, 0) is 0 Å². The topological polar surface area (TPSA) is 72.5 Å². The van der Waals surface area contributed by atoms with Gasteiger partial charge in [-0.3, -0.25) is 4.79 Å². The van der Waals surface area contributed by atoms with Gasteiger partial charge in [0.25, 0.3) is 0 Å². The summed E-state index contributed by atoms with van der Waals surface area (Å²) >= 11 is 0. The van der Waals surface area contributed by atoms with Gasteiger partial charge in [0.05, 0.1) is 42.7 Å². The van der Waals surface area contributed by atoms with Gasteiger partial charge in [0.1, 0.15) is 0 Å². The van der Waals surface area contributed by atoms with Gasteiger partial charge in [-0.25, -0.2) is 0 Å². The molecule has 0 N–H and O–H groups in total. The molecule has 156 valence electrons. The molecule has 0 amide bonds. The van der Waals surface area contributed by atoms with Crippen LogP contribution in [0.2, 0.25) is 0 Å². The van der Waals surface area contributed by atoms with E-state index in [-0.39, 0.29) is 11.7 Å². The Kier molecular flexibility index (Phi) is 6.06. The quantitative estimate of drug-likeness (QED) is 0.697. The van der Waals surface area contributed by atoms with Crippen LogP contribution in [0.15, 0.2) is 18.2 Å². The molecule has 7 heteroatoms. The largest absolute Gasteiger partial charge is 0.493 e. The lowest BCUT2D eigenvalue weighted by atomic mass is 9.77. The number of fused-ring (bicyclic) bond motifs is 1. The Morgan fingerprint density at radius 2 is 1.21 bits per heavy atom. The molecule has 0 saturated carbocycles.